The van der Waals surface area contributed by atoms with Gasteiger partial charge in [0.1, 0.15) is 24.0 Å². The van der Waals surface area contributed by atoms with Crippen molar-refractivity contribution in [1.82, 2.24) is 4.98 Å². The van der Waals surface area contributed by atoms with Crippen LogP contribution < -0.4 is 15.8 Å². The Labute approximate surface area is 211 Å². The third-order valence-corrected chi connectivity index (χ3v) is 5.75. The van der Waals surface area contributed by atoms with Crippen LogP contribution in [0.1, 0.15) is 11.1 Å². The van der Waals surface area contributed by atoms with Gasteiger partial charge in [0.2, 0.25) is 0 Å². The third-order valence-electron chi connectivity index (χ3n) is 5.75. The number of pyridine rings is 1. The molecule has 8 heteroatoms. The van der Waals surface area contributed by atoms with Gasteiger partial charge in [-0.15, -0.1) is 0 Å². The molecule has 36 heavy (non-hydrogen) atoms. The molecule has 0 amide bonds. The predicted molar refractivity (Wildman–Crippen MR) is 139 cm³/mol. The average Bonchev–Trinajstić information content (AvgIpc) is 3.27. The molecule has 1 heterocycles. The molecule has 3 N–H and O–H groups in total. The molecule has 190 valence electrons. The van der Waals surface area contributed by atoms with Crippen LogP contribution in [-0.2, 0) is 31.8 Å². The molecule has 1 aromatic heterocycles. The van der Waals surface area contributed by atoms with Crippen molar-refractivity contribution in [2.45, 2.75) is 12.8 Å². The highest BCUT2D eigenvalue weighted by Gasteiger charge is 2.18. The normalized spacial score (nSPS) is 12.5. The monoisotopic (exact) mass is 491 g/mol. The van der Waals surface area contributed by atoms with E-state index >= 15 is 0 Å². The molecule has 2 aromatic carbocycles. The Bertz CT molecular complexity index is 1100. The minimum Gasteiger partial charge on any atom is -0.491 e. The summed E-state index contributed by atoms with van der Waals surface area (Å²) in [5, 5.41) is 3.26. The van der Waals surface area contributed by atoms with Gasteiger partial charge >= 0.3 is 0 Å². The lowest BCUT2D eigenvalue weighted by molar-refractivity contribution is -0.117. The van der Waals surface area contributed by atoms with Gasteiger partial charge in [-0.3, -0.25) is 4.79 Å². The number of benzene rings is 2. The average molecular weight is 492 g/mol. The maximum Gasteiger partial charge on any atom is 0.141 e. The molecule has 1 aliphatic rings. The molecule has 8 nitrogen and oxygen atoms in total. The van der Waals surface area contributed by atoms with E-state index in [0.717, 1.165) is 33.8 Å². The smallest absolute Gasteiger partial charge is 0.141 e. The summed E-state index contributed by atoms with van der Waals surface area (Å²) in [5.74, 6) is 1.86. The van der Waals surface area contributed by atoms with Crippen molar-refractivity contribution >= 4 is 17.3 Å². The Morgan fingerprint density at radius 1 is 0.750 bits per heavy atom. The van der Waals surface area contributed by atoms with E-state index in [2.05, 4.69) is 28.5 Å². The van der Waals surface area contributed by atoms with Gasteiger partial charge in [-0.1, -0.05) is 18.2 Å². The molecular weight excluding hydrogens is 458 g/mol. The summed E-state index contributed by atoms with van der Waals surface area (Å²) in [6.07, 6.45) is 2.94. The third kappa shape index (κ3) is 8.05. The van der Waals surface area contributed by atoms with Gasteiger partial charge in [0, 0.05) is 36.8 Å². The van der Waals surface area contributed by atoms with Crippen molar-refractivity contribution in [2.24, 2.45) is 0 Å². The number of Topliss-reactive ketones (excluding diaryl/α,β-unsaturated/α-hetero) is 1. The van der Waals surface area contributed by atoms with Gasteiger partial charge in [-0.2, -0.15) is 0 Å². The fourth-order valence-corrected chi connectivity index (χ4v) is 3.87. The summed E-state index contributed by atoms with van der Waals surface area (Å²) in [5.41, 5.74) is 10.8. The van der Waals surface area contributed by atoms with E-state index in [1.165, 1.54) is 0 Å². The topological polar surface area (TPSA) is 105 Å². The van der Waals surface area contributed by atoms with Crippen LogP contribution >= 0.6 is 0 Å². The fourth-order valence-electron chi connectivity index (χ4n) is 3.87. The number of rotatable bonds is 15. The van der Waals surface area contributed by atoms with Gasteiger partial charge in [0.25, 0.3) is 0 Å². The zero-order valence-corrected chi connectivity index (χ0v) is 20.4. The number of ketones is 1. The second kappa shape index (κ2) is 13.6. The molecule has 0 saturated heterocycles. The Balaban J connectivity index is 0.991. The maximum absolute atomic E-state index is 11.6. The summed E-state index contributed by atoms with van der Waals surface area (Å²) in [7, 11) is 0. The number of nitrogens with two attached hydrogens (primary N) is 1. The largest absolute Gasteiger partial charge is 0.491 e. The fraction of sp³-hybridized carbons (Fsp3) is 0.357. The van der Waals surface area contributed by atoms with Crippen molar-refractivity contribution in [3.05, 3.63) is 71.9 Å². The van der Waals surface area contributed by atoms with Crippen molar-refractivity contribution in [2.75, 3.05) is 63.8 Å². The van der Waals surface area contributed by atoms with Crippen LogP contribution in [0.4, 0.5) is 11.5 Å². The SMILES string of the molecule is Nc1ccc(OCCOCCOCCOCCNc2ccc(-c3ccc4c(c3)CC(=O)C4)cn2)cc1. The van der Waals surface area contributed by atoms with Crippen LogP contribution in [0.15, 0.2) is 60.8 Å². The summed E-state index contributed by atoms with van der Waals surface area (Å²) in [6, 6.07) is 17.5. The number of carbonyl (C=O) groups is 1. The first-order valence-electron chi connectivity index (χ1n) is 12.2. The summed E-state index contributed by atoms with van der Waals surface area (Å²) in [4.78, 5) is 16.1. The Kier molecular flexibility index (Phi) is 9.67. The van der Waals surface area contributed by atoms with Crippen LogP contribution in [0.5, 0.6) is 5.75 Å². The summed E-state index contributed by atoms with van der Waals surface area (Å²) >= 11 is 0. The predicted octanol–water partition coefficient (Wildman–Crippen LogP) is 3.54. The lowest BCUT2D eigenvalue weighted by atomic mass is 10.0. The second-order valence-electron chi connectivity index (χ2n) is 8.49. The molecular formula is C28H33N3O5. The van der Waals surface area contributed by atoms with Gasteiger partial charge in [-0.05, 0) is 53.1 Å². The lowest BCUT2D eigenvalue weighted by Gasteiger charge is -2.09. The van der Waals surface area contributed by atoms with E-state index in [0.29, 0.717) is 71.3 Å². The highest BCUT2D eigenvalue weighted by Crippen LogP contribution is 2.27. The van der Waals surface area contributed by atoms with E-state index < -0.39 is 0 Å². The molecule has 0 bridgehead atoms. The standard InChI is InChI=1S/C28H33N3O5/c29-25-4-6-27(7-5-25)36-16-15-35-14-13-34-12-11-33-10-9-30-28-8-3-23(20-31-28)21-1-2-22-18-26(32)19-24(22)17-21/h1-8,17,20H,9-16,18-19,29H2,(H,30,31). The van der Waals surface area contributed by atoms with Gasteiger partial charge in [0.15, 0.2) is 0 Å². The lowest BCUT2D eigenvalue weighted by Crippen LogP contribution is -2.15. The number of carbonyl (C=O) groups excluding carboxylic acids is 1. The number of hydrogen-bond donors (Lipinski definition) is 2. The Morgan fingerprint density at radius 2 is 1.42 bits per heavy atom. The highest BCUT2D eigenvalue weighted by atomic mass is 16.6. The number of nitrogens with one attached hydrogen (secondary N) is 1. The molecule has 0 aliphatic heterocycles. The molecule has 0 spiro atoms. The molecule has 0 saturated carbocycles. The van der Waals surface area contributed by atoms with Crippen LogP contribution in [0.2, 0.25) is 0 Å². The van der Waals surface area contributed by atoms with E-state index in [4.69, 9.17) is 24.7 Å². The molecule has 0 unspecified atom stereocenters. The van der Waals surface area contributed by atoms with Crippen LogP contribution in [0.25, 0.3) is 11.1 Å². The summed E-state index contributed by atoms with van der Waals surface area (Å²) < 4.78 is 22.1. The number of nitrogens with zero attached hydrogens (tertiary/aromatic N) is 1. The molecule has 1 aliphatic carbocycles. The Morgan fingerprint density at radius 3 is 2.14 bits per heavy atom. The quantitative estimate of drug-likeness (QED) is 0.246. The zero-order chi connectivity index (χ0) is 25.0. The van der Waals surface area contributed by atoms with Crippen LogP contribution in [0, 0.1) is 0 Å². The van der Waals surface area contributed by atoms with E-state index in [-0.39, 0.29) is 5.78 Å². The number of fused-ring (bicyclic) bond motifs is 1. The second-order valence-corrected chi connectivity index (χ2v) is 8.49. The minimum absolute atomic E-state index is 0.287. The molecule has 0 atom stereocenters. The first-order chi connectivity index (χ1) is 17.7. The molecule has 0 radical (unpaired) electrons. The highest BCUT2D eigenvalue weighted by molar-refractivity contribution is 5.88. The van der Waals surface area contributed by atoms with Crippen molar-refractivity contribution < 1.29 is 23.7 Å². The summed E-state index contributed by atoms with van der Waals surface area (Å²) in [6.45, 7) is 4.26. The van der Waals surface area contributed by atoms with Gasteiger partial charge < -0.3 is 30.0 Å². The molecule has 4 rings (SSSR count). The first-order valence-corrected chi connectivity index (χ1v) is 12.2. The number of anilines is 2. The zero-order valence-electron chi connectivity index (χ0n) is 20.4. The van der Waals surface area contributed by atoms with E-state index in [9.17, 15) is 4.79 Å². The first kappa shape index (κ1) is 25.6. The maximum atomic E-state index is 11.6. The van der Waals surface area contributed by atoms with E-state index in [1.54, 1.807) is 12.1 Å². The van der Waals surface area contributed by atoms with E-state index in [1.807, 2.05) is 30.5 Å². The van der Waals surface area contributed by atoms with Gasteiger partial charge in [-0.25, -0.2) is 4.98 Å². The van der Waals surface area contributed by atoms with Crippen molar-refractivity contribution in [1.29, 1.82) is 0 Å². The van der Waals surface area contributed by atoms with Crippen molar-refractivity contribution in [3.8, 4) is 16.9 Å². The number of hydrogen-bond acceptors (Lipinski definition) is 8. The van der Waals surface area contributed by atoms with Crippen LogP contribution in [-0.4, -0.2) is 63.6 Å². The number of nitrogen functional groups attached to an aromatic ring is 1. The van der Waals surface area contributed by atoms with Crippen LogP contribution in [0.3, 0.4) is 0 Å². The number of aromatic nitrogens is 1. The molecule has 0 fully saturated rings. The Hall–Kier alpha value is -3.46. The minimum atomic E-state index is 0.287. The molecule has 3 aromatic rings. The van der Waals surface area contributed by atoms with Crippen molar-refractivity contribution in [3.63, 3.8) is 0 Å². The number of ether oxygens (including phenoxy) is 4. The van der Waals surface area contributed by atoms with Gasteiger partial charge in [0.05, 0.1) is 39.6 Å².